The predicted octanol–water partition coefficient (Wildman–Crippen LogP) is 3.70. The molecule has 0 saturated carbocycles. The molecule has 1 aromatic heterocycles. The molecule has 3 aromatic rings. The predicted molar refractivity (Wildman–Crippen MR) is 105 cm³/mol. The molecule has 0 bridgehead atoms. The number of fused-ring (bicyclic) bond motifs is 2. The number of carbonyl (C=O) groups is 1. The van der Waals surface area contributed by atoms with E-state index in [0.717, 1.165) is 35.4 Å². The summed E-state index contributed by atoms with van der Waals surface area (Å²) >= 11 is 6.23. The molecule has 0 radical (unpaired) electrons. The first-order valence-electron chi connectivity index (χ1n) is 8.65. The summed E-state index contributed by atoms with van der Waals surface area (Å²) in [5.74, 6) is 1.36. The molecule has 0 aliphatic carbocycles. The summed E-state index contributed by atoms with van der Waals surface area (Å²) in [5.41, 5.74) is 2.45. The van der Waals surface area contributed by atoms with Crippen molar-refractivity contribution in [2.45, 2.75) is 12.8 Å². The maximum absolute atomic E-state index is 13.1. The monoisotopic (exact) mass is 366 g/mol. The Hall–Kier alpha value is -2.66. The van der Waals surface area contributed by atoms with Crippen LogP contribution in [0.5, 0.6) is 0 Å². The molecule has 2 aromatic carbocycles. The van der Waals surface area contributed by atoms with Gasteiger partial charge in [0, 0.05) is 25.2 Å². The van der Waals surface area contributed by atoms with E-state index in [1.54, 1.807) is 4.90 Å². The maximum atomic E-state index is 13.1. The molecule has 2 heterocycles. The number of halogens is 1. The van der Waals surface area contributed by atoms with E-state index >= 15 is 0 Å². The van der Waals surface area contributed by atoms with Crippen LogP contribution in [0.1, 0.15) is 12.0 Å². The Morgan fingerprint density at radius 1 is 1.00 bits per heavy atom. The molecule has 5 nitrogen and oxygen atoms in total. The second-order valence-corrected chi connectivity index (χ2v) is 6.86. The van der Waals surface area contributed by atoms with Crippen molar-refractivity contribution in [3.05, 3.63) is 59.1 Å². The highest BCUT2D eigenvalue weighted by Crippen LogP contribution is 2.30. The van der Waals surface area contributed by atoms with Gasteiger partial charge in [0.25, 0.3) is 0 Å². The smallest absolute Gasteiger partial charge is 0.232 e. The van der Waals surface area contributed by atoms with Gasteiger partial charge in [-0.15, -0.1) is 0 Å². The van der Waals surface area contributed by atoms with Gasteiger partial charge in [0.15, 0.2) is 11.6 Å². The van der Waals surface area contributed by atoms with Crippen LogP contribution in [0.4, 0.5) is 11.6 Å². The molecule has 1 aliphatic heterocycles. The summed E-state index contributed by atoms with van der Waals surface area (Å²) in [6, 6.07) is 15.2. The number of anilines is 2. The summed E-state index contributed by atoms with van der Waals surface area (Å²) in [5, 5.41) is 0.609. The van der Waals surface area contributed by atoms with Crippen molar-refractivity contribution in [3.63, 3.8) is 0 Å². The van der Waals surface area contributed by atoms with Crippen LogP contribution in [0.2, 0.25) is 5.02 Å². The van der Waals surface area contributed by atoms with Crippen LogP contribution >= 0.6 is 11.6 Å². The first-order valence-corrected chi connectivity index (χ1v) is 9.03. The van der Waals surface area contributed by atoms with Crippen LogP contribution in [0.15, 0.2) is 48.5 Å². The second-order valence-electron chi connectivity index (χ2n) is 6.45. The summed E-state index contributed by atoms with van der Waals surface area (Å²) in [7, 11) is 1.99. The summed E-state index contributed by atoms with van der Waals surface area (Å²) in [4.78, 5) is 26.4. The fraction of sp³-hybridized carbons (Fsp3) is 0.250. The van der Waals surface area contributed by atoms with E-state index in [1.807, 2.05) is 55.6 Å². The van der Waals surface area contributed by atoms with Crippen molar-refractivity contribution >= 4 is 40.2 Å². The van der Waals surface area contributed by atoms with Crippen LogP contribution in [0.25, 0.3) is 11.0 Å². The molecule has 0 saturated heterocycles. The molecule has 1 amide bonds. The van der Waals surface area contributed by atoms with E-state index < -0.39 is 0 Å². The van der Waals surface area contributed by atoms with Gasteiger partial charge in [0.05, 0.1) is 17.5 Å². The largest absolute Gasteiger partial charge is 0.357 e. The first kappa shape index (κ1) is 16.8. The van der Waals surface area contributed by atoms with E-state index in [2.05, 4.69) is 4.90 Å². The van der Waals surface area contributed by atoms with Gasteiger partial charge in [-0.25, -0.2) is 9.97 Å². The lowest BCUT2D eigenvalue weighted by Gasteiger charge is -2.23. The third kappa shape index (κ3) is 3.10. The molecule has 0 atom stereocenters. The van der Waals surface area contributed by atoms with E-state index in [4.69, 9.17) is 21.6 Å². The lowest BCUT2D eigenvalue weighted by molar-refractivity contribution is -0.118. The Balaban J connectivity index is 1.75. The minimum Gasteiger partial charge on any atom is -0.357 e. The Kier molecular flexibility index (Phi) is 4.47. The number of amides is 1. The zero-order valence-corrected chi connectivity index (χ0v) is 15.3. The Bertz CT molecular complexity index is 975. The van der Waals surface area contributed by atoms with Crippen molar-refractivity contribution < 1.29 is 4.79 Å². The Morgan fingerprint density at radius 3 is 2.38 bits per heavy atom. The highest BCUT2D eigenvalue weighted by atomic mass is 35.5. The summed E-state index contributed by atoms with van der Waals surface area (Å²) < 4.78 is 0. The molecule has 0 fully saturated rings. The van der Waals surface area contributed by atoms with Gasteiger partial charge in [-0.05, 0) is 30.2 Å². The second kappa shape index (κ2) is 6.92. The molecular weight excluding hydrogens is 348 g/mol. The number of rotatable bonds is 2. The number of aromatic nitrogens is 2. The molecule has 1 aliphatic rings. The van der Waals surface area contributed by atoms with Gasteiger partial charge in [-0.2, -0.15) is 0 Å². The third-order valence-corrected chi connectivity index (χ3v) is 5.00. The van der Waals surface area contributed by atoms with Crippen molar-refractivity contribution in [1.29, 1.82) is 0 Å². The van der Waals surface area contributed by atoms with E-state index in [1.165, 1.54) is 0 Å². The Labute approximate surface area is 157 Å². The van der Waals surface area contributed by atoms with Crippen LogP contribution < -0.4 is 9.80 Å². The van der Waals surface area contributed by atoms with Gasteiger partial charge < -0.3 is 4.90 Å². The molecule has 132 valence electrons. The molecule has 0 N–H and O–H groups in total. The maximum Gasteiger partial charge on any atom is 0.232 e. The number of benzene rings is 2. The van der Waals surface area contributed by atoms with Gasteiger partial charge in [0.1, 0.15) is 0 Å². The Morgan fingerprint density at radius 2 is 1.65 bits per heavy atom. The van der Waals surface area contributed by atoms with Crippen molar-refractivity contribution in [3.8, 4) is 0 Å². The topological polar surface area (TPSA) is 49.3 Å². The van der Waals surface area contributed by atoms with Crippen molar-refractivity contribution in [2.24, 2.45) is 0 Å². The first-order chi connectivity index (χ1) is 12.6. The van der Waals surface area contributed by atoms with Gasteiger partial charge in [0.2, 0.25) is 5.91 Å². The normalized spacial score (nSPS) is 14.2. The van der Waals surface area contributed by atoms with E-state index in [-0.39, 0.29) is 12.3 Å². The van der Waals surface area contributed by atoms with Crippen LogP contribution in [-0.2, 0) is 11.2 Å². The van der Waals surface area contributed by atoms with E-state index in [9.17, 15) is 4.79 Å². The van der Waals surface area contributed by atoms with Crippen LogP contribution in [0.3, 0.4) is 0 Å². The molecule has 0 unspecified atom stereocenters. The number of para-hydroxylation sites is 2. The molecule has 0 spiro atoms. The van der Waals surface area contributed by atoms with Crippen molar-refractivity contribution in [2.75, 3.05) is 29.9 Å². The summed E-state index contributed by atoms with van der Waals surface area (Å²) in [6.07, 6.45) is 1.11. The average Bonchev–Trinajstić information content (AvgIpc) is 2.81. The minimum absolute atomic E-state index is 0.0146. The minimum atomic E-state index is -0.0146. The SMILES string of the molecule is CN1CCCN(C(=O)Cc2ccccc2Cl)c2nc3ccccc3nc21. The number of nitrogens with zero attached hydrogens (tertiary/aromatic N) is 4. The zero-order chi connectivity index (χ0) is 18.1. The van der Waals surface area contributed by atoms with Crippen LogP contribution in [0, 0.1) is 0 Å². The molecule has 26 heavy (non-hydrogen) atoms. The van der Waals surface area contributed by atoms with Gasteiger partial charge >= 0.3 is 0 Å². The lowest BCUT2D eigenvalue weighted by Crippen LogP contribution is -2.33. The standard InChI is InChI=1S/C20H19ClN4O/c1-24-11-6-12-25(18(26)13-14-7-2-3-8-15(14)21)20-19(24)22-16-9-4-5-10-17(16)23-20/h2-5,7-10H,6,11-13H2,1H3. The number of hydrogen-bond donors (Lipinski definition) is 0. The van der Waals surface area contributed by atoms with Gasteiger partial charge in [-0.3, -0.25) is 9.69 Å². The highest BCUT2D eigenvalue weighted by molar-refractivity contribution is 6.31. The number of carbonyl (C=O) groups excluding carboxylic acids is 1. The van der Waals surface area contributed by atoms with Gasteiger partial charge in [-0.1, -0.05) is 41.9 Å². The number of hydrogen-bond acceptors (Lipinski definition) is 4. The lowest BCUT2D eigenvalue weighted by atomic mass is 10.1. The molecular formula is C20H19ClN4O. The third-order valence-electron chi connectivity index (χ3n) is 4.63. The van der Waals surface area contributed by atoms with E-state index in [0.29, 0.717) is 17.4 Å². The molecule has 4 rings (SSSR count). The average molecular weight is 367 g/mol. The fourth-order valence-electron chi connectivity index (χ4n) is 3.24. The van der Waals surface area contributed by atoms with Crippen molar-refractivity contribution in [1.82, 2.24) is 9.97 Å². The fourth-order valence-corrected chi connectivity index (χ4v) is 3.44. The summed E-state index contributed by atoms with van der Waals surface area (Å²) in [6.45, 7) is 1.45. The highest BCUT2D eigenvalue weighted by Gasteiger charge is 2.27. The molecule has 6 heteroatoms. The quantitative estimate of drug-likeness (QED) is 0.694. The van der Waals surface area contributed by atoms with Crippen LogP contribution in [-0.4, -0.2) is 36.0 Å². The zero-order valence-electron chi connectivity index (χ0n) is 14.5.